The Hall–Kier alpha value is -3.53. The molecule has 34 heavy (non-hydrogen) atoms. The number of aromatic nitrogens is 4. The Kier molecular flexibility index (Phi) is 7.36. The van der Waals surface area contributed by atoms with Gasteiger partial charge in [-0.3, -0.25) is 10.9 Å². The first kappa shape index (κ1) is 23.6. The predicted octanol–water partition coefficient (Wildman–Crippen LogP) is 4.81. The quantitative estimate of drug-likeness (QED) is 0.221. The third-order valence-electron chi connectivity index (χ3n) is 4.82. The van der Waals surface area contributed by atoms with Crippen LogP contribution < -0.4 is 10.9 Å². The molecule has 0 bridgehead atoms. The van der Waals surface area contributed by atoms with Gasteiger partial charge in [-0.1, -0.05) is 59.6 Å². The molecule has 0 radical (unpaired) electrons. The Morgan fingerprint density at radius 1 is 0.765 bits per heavy atom. The Bertz CT molecular complexity index is 1260. The molecule has 4 rings (SSSR count). The fourth-order valence-corrected chi connectivity index (χ4v) is 3.88. The molecule has 0 amide bonds. The Balaban J connectivity index is 1.38. The van der Waals surface area contributed by atoms with Crippen molar-refractivity contribution in [3.8, 4) is 11.4 Å². The highest BCUT2D eigenvalue weighted by Crippen LogP contribution is 2.23. The Morgan fingerprint density at radius 2 is 1.15 bits per heavy atom. The third kappa shape index (κ3) is 5.17. The molecule has 0 aliphatic carbocycles. The summed E-state index contributed by atoms with van der Waals surface area (Å²) in [5, 5.41) is 18.3. The van der Waals surface area contributed by atoms with Crippen LogP contribution in [-0.2, 0) is 0 Å². The molecule has 0 atom stereocenters. The van der Waals surface area contributed by atoms with Gasteiger partial charge in [0.1, 0.15) is 10.3 Å². The van der Waals surface area contributed by atoms with E-state index >= 15 is 0 Å². The largest absolute Gasteiger partial charge is 0.252 e. The minimum Gasteiger partial charge on any atom is -0.252 e. The van der Waals surface area contributed by atoms with Gasteiger partial charge in [-0.25, -0.2) is 9.36 Å². The number of hydrogen-bond donors (Lipinski definition) is 2. The number of benzene rings is 2. The molecule has 8 nitrogen and oxygen atoms in total. The van der Waals surface area contributed by atoms with Gasteiger partial charge in [0.25, 0.3) is 0 Å². The van der Waals surface area contributed by atoms with E-state index in [-0.39, 0.29) is 5.11 Å². The number of aryl methyl sites for hydroxylation is 2. The number of hydrogen-bond acceptors (Lipinski definition) is 5. The average Bonchev–Trinajstić information content (AvgIpc) is 3.30. The van der Waals surface area contributed by atoms with Crippen molar-refractivity contribution in [2.75, 3.05) is 0 Å². The second-order valence-electron chi connectivity index (χ2n) is 7.14. The molecular weight excluding hydrogens is 491 g/mol. The molecule has 0 saturated heterocycles. The Morgan fingerprint density at radius 3 is 1.53 bits per heavy atom. The second kappa shape index (κ2) is 10.6. The zero-order chi connectivity index (χ0) is 24.1. The van der Waals surface area contributed by atoms with E-state index in [2.05, 4.69) is 31.3 Å². The van der Waals surface area contributed by atoms with Gasteiger partial charge in [0.2, 0.25) is 5.11 Å². The molecule has 2 heterocycles. The van der Waals surface area contributed by atoms with Crippen LogP contribution >= 0.6 is 35.4 Å². The second-order valence-corrected chi connectivity index (χ2v) is 8.27. The molecule has 0 saturated carbocycles. The molecule has 0 spiro atoms. The van der Waals surface area contributed by atoms with E-state index in [1.165, 1.54) is 0 Å². The van der Waals surface area contributed by atoms with E-state index in [0.29, 0.717) is 21.4 Å². The first-order valence-corrected chi connectivity index (χ1v) is 11.4. The lowest BCUT2D eigenvalue weighted by atomic mass is 10.3. The topological polar surface area (TPSA) is 84.4 Å². The molecule has 2 N–H and O–H groups in total. The summed E-state index contributed by atoms with van der Waals surface area (Å²) in [6.45, 7) is 3.71. The molecule has 2 aromatic heterocycles. The van der Waals surface area contributed by atoms with Gasteiger partial charge >= 0.3 is 0 Å². The zero-order valence-electron chi connectivity index (χ0n) is 18.3. The van der Waals surface area contributed by atoms with Gasteiger partial charge in [-0.05, 0) is 50.3 Å². The van der Waals surface area contributed by atoms with Crippen molar-refractivity contribution in [2.45, 2.75) is 13.8 Å². The molecule has 172 valence electrons. The smallest absolute Gasteiger partial charge is 0.207 e. The summed E-state index contributed by atoms with van der Waals surface area (Å²) >= 11 is 18.2. The highest BCUT2D eigenvalue weighted by atomic mass is 35.5. The predicted molar refractivity (Wildman–Crippen MR) is 141 cm³/mol. The van der Waals surface area contributed by atoms with Gasteiger partial charge < -0.3 is 0 Å². The van der Waals surface area contributed by atoms with Crippen LogP contribution in [0, 0.1) is 13.8 Å². The fourth-order valence-electron chi connectivity index (χ4n) is 3.13. The number of thiocarbonyl (C=S) groups is 1. The summed E-state index contributed by atoms with van der Waals surface area (Å²) in [6.07, 6.45) is 3.12. The van der Waals surface area contributed by atoms with E-state index in [1.807, 2.05) is 74.5 Å². The van der Waals surface area contributed by atoms with Crippen LogP contribution in [0.15, 0.2) is 70.9 Å². The standard InChI is InChI=1S/C23H20Cl2N8S/c1-15-19(21(24)32(30-15)17-9-5-3-6-10-17)13-26-28-23(34)29-27-14-20-16(2)31-33(22(20)25)18-11-7-4-8-12-18/h3-14H,1-2H3,(H2,28,29,34)/b26-13-,27-14-. The average molecular weight is 511 g/mol. The SMILES string of the molecule is Cc1nn(-c2ccccc2)c(Cl)c1/C=N\NC(=S)N/N=C\c1c(C)nn(-c2ccccc2)c1Cl. The number of hydrazone groups is 2. The van der Waals surface area contributed by atoms with Crippen molar-refractivity contribution in [3.63, 3.8) is 0 Å². The molecule has 11 heteroatoms. The normalized spacial score (nSPS) is 11.4. The van der Waals surface area contributed by atoms with Crippen molar-refractivity contribution < 1.29 is 0 Å². The van der Waals surface area contributed by atoms with Crippen LogP contribution in [-0.4, -0.2) is 37.1 Å². The number of nitrogens with one attached hydrogen (secondary N) is 2. The van der Waals surface area contributed by atoms with Crippen LogP contribution in [0.2, 0.25) is 10.3 Å². The lowest BCUT2D eigenvalue weighted by Crippen LogP contribution is -2.28. The van der Waals surface area contributed by atoms with Gasteiger partial charge in [-0.15, -0.1) is 0 Å². The third-order valence-corrected chi connectivity index (χ3v) is 5.73. The van der Waals surface area contributed by atoms with Gasteiger partial charge in [0, 0.05) is 0 Å². The van der Waals surface area contributed by atoms with E-state index in [4.69, 9.17) is 35.4 Å². The van der Waals surface area contributed by atoms with E-state index in [0.717, 1.165) is 22.8 Å². The van der Waals surface area contributed by atoms with Crippen LogP contribution in [0.4, 0.5) is 0 Å². The van der Waals surface area contributed by atoms with Gasteiger partial charge in [-0.2, -0.15) is 20.4 Å². The van der Waals surface area contributed by atoms with Crippen molar-refractivity contribution >= 4 is 53.0 Å². The van der Waals surface area contributed by atoms with Crippen LogP contribution in [0.5, 0.6) is 0 Å². The van der Waals surface area contributed by atoms with Crippen molar-refractivity contribution in [1.82, 2.24) is 30.4 Å². The zero-order valence-corrected chi connectivity index (χ0v) is 20.6. The van der Waals surface area contributed by atoms with E-state index in [1.54, 1.807) is 21.8 Å². The number of para-hydroxylation sites is 2. The maximum atomic E-state index is 6.50. The van der Waals surface area contributed by atoms with E-state index in [9.17, 15) is 0 Å². The monoisotopic (exact) mass is 510 g/mol. The van der Waals surface area contributed by atoms with Gasteiger partial charge in [0.05, 0.1) is 46.3 Å². The molecular formula is C23H20Cl2N8S. The van der Waals surface area contributed by atoms with Crippen molar-refractivity contribution in [2.24, 2.45) is 10.2 Å². The number of rotatable bonds is 6. The molecule has 0 aliphatic rings. The van der Waals surface area contributed by atoms with Crippen molar-refractivity contribution in [3.05, 3.63) is 93.5 Å². The summed E-state index contributed by atoms with van der Waals surface area (Å²) in [5.41, 5.74) is 9.96. The summed E-state index contributed by atoms with van der Waals surface area (Å²) in [5.74, 6) is 0. The fraction of sp³-hybridized carbons (Fsp3) is 0.0870. The summed E-state index contributed by atoms with van der Waals surface area (Å²) in [4.78, 5) is 0. The maximum absolute atomic E-state index is 6.50. The first-order chi connectivity index (χ1) is 16.5. The molecule has 0 fully saturated rings. The van der Waals surface area contributed by atoms with Crippen molar-refractivity contribution in [1.29, 1.82) is 0 Å². The number of nitrogens with zero attached hydrogens (tertiary/aromatic N) is 6. The Labute approximate surface area is 211 Å². The van der Waals surface area contributed by atoms with Gasteiger partial charge in [0.15, 0.2) is 0 Å². The van der Waals surface area contributed by atoms with Crippen LogP contribution in [0.1, 0.15) is 22.5 Å². The lowest BCUT2D eigenvalue weighted by Gasteiger charge is -2.03. The minimum absolute atomic E-state index is 0.195. The van der Waals surface area contributed by atoms with Crippen LogP contribution in [0.25, 0.3) is 11.4 Å². The van der Waals surface area contributed by atoms with Crippen LogP contribution in [0.3, 0.4) is 0 Å². The molecule has 0 unspecified atom stereocenters. The van der Waals surface area contributed by atoms with E-state index < -0.39 is 0 Å². The summed E-state index contributed by atoms with van der Waals surface area (Å²) in [7, 11) is 0. The first-order valence-electron chi connectivity index (χ1n) is 10.2. The summed E-state index contributed by atoms with van der Waals surface area (Å²) in [6, 6.07) is 19.2. The molecule has 0 aliphatic heterocycles. The number of halogens is 2. The highest BCUT2D eigenvalue weighted by molar-refractivity contribution is 7.80. The highest BCUT2D eigenvalue weighted by Gasteiger charge is 2.14. The lowest BCUT2D eigenvalue weighted by molar-refractivity contribution is 0.863. The molecule has 4 aromatic rings. The molecule has 2 aromatic carbocycles. The summed E-state index contributed by atoms with van der Waals surface area (Å²) < 4.78 is 3.31. The maximum Gasteiger partial charge on any atom is 0.207 e. The minimum atomic E-state index is 0.195.